The molecular formula is C18H21F2N2SU-. The molecule has 2 nitrogen and oxygen atoms in total. The van der Waals surface area contributed by atoms with E-state index in [0.29, 0.717) is 22.8 Å². The Morgan fingerprint density at radius 2 is 1.96 bits per heavy atom. The molecule has 2 N–H and O–H groups in total. The zero-order valence-electron chi connectivity index (χ0n) is 13.5. The first-order valence-electron chi connectivity index (χ1n) is 7.61. The van der Waals surface area contributed by atoms with Gasteiger partial charge in [-0.05, 0) is 42.8 Å². The average molecular weight is 573 g/mol. The van der Waals surface area contributed by atoms with Gasteiger partial charge >= 0.3 is 0 Å². The van der Waals surface area contributed by atoms with Gasteiger partial charge in [0.15, 0.2) is 5.82 Å². The summed E-state index contributed by atoms with van der Waals surface area (Å²) in [4.78, 5) is 0. The first-order valence-corrected chi connectivity index (χ1v) is 8.49. The SMILES string of the molecule is C=C(/C=C\[NH-])CC(=C)c1cc(F)cc(NSC2CCCC2)c1F.[U]. The Balaban J connectivity index is 0.00000288. The molecule has 0 bridgehead atoms. The van der Waals surface area contributed by atoms with Crippen molar-refractivity contribution < 1.29 is 39.9 Å². The smallest absolute Gasteiger partial charge is 0.154 e. The Bertz CT molecular complexity index is 626. The molecule has 0 atom stereocenters. The summed E-state index contributed by atoms with van der Waals surface area (Å²) in [6, 6.07) is 2.33. The van der Waals surface area contributed by atoms with Crippen LogP contribution in [0.3, 0.4) is 0 Å². The molecule has 0 saturated heterocycles. The second-order valence-electron chi connectivity index (χ2n) is 5.71. The van der Waals surface area contributed by atoms with Crippen molar-refractivity contribution >= 4 is 23.2 Å². The fourth-order valence-electron chi connectivity index (χ4n) is 2.62. The molecule has 0 unspecified atom stereocenters. The summed E-state index contributed by atoms with van der Waals surface area (Å²) in [7, 11) is 0. The van der Waals surface area contributed by atoms with Crippen LogP contribution in [0.4, 0.5) is 14.5 Å². The Morgan fingerprint density at radius 3 is 2.58 bits per heavy atom. The van der Waals surface area contributed by atoms with E-state index in [4.69, 9.17) is 5.73 Å². The number of allylic oxidation sites excluding steroid dienone is 3. The molecule has 1 aliphatic rings. The van der Waals surface area contributed by atoms with E-state index in [1.54, 1.807) is 0 Å². The molecular weight excluding hydrogens is 552 g/mol. The first-order chi connectivity index (χ1) is 11.0. The normalized spacial score (nSPS) is 14.6. The van der Waals surface area contributed by atoms with Crippen molar-refractivity contribution in [3.8, 4) is 0 Å². The number of halogens is 2. The quantitative estimate of drug-likeness (QED) is 0.299. The van der Waals surface area contributed by atoms with Crippen molar-refractivity contribution in [1.82, 2.24) is 0 Å². The number of hydrogen-bond acceptors (Lipinski definition) is 2. The molecule has 1 aromatic rings. The first kappa shape index (κ1) is 21.3. The molecule has 1 fully saturated rings. The fraction of sp³-hybridized carbons (Fsp3) is 0.333. The minimum atomic E-state index is -0.501. The molecule has 0 heterocycles. The monoisotopic (exact) mass is 573 g/mol. The van der Waals surface area contributed by atoms with Crippen LogP contribution in [0, 0.1) is 42.7 Å². The van der Waals surface area contributed by atoms with Crippen LogP contribution in [0.1, 0.15) is 37.7 Å². The van der Waals surface area contributed by atoms with Crippen molar-refractivity contribution in [2.24, 2.45) is 0 Å². The van der Waals surface area contributed by atoms with Gasteiger partial charge in [-0.25, -0.2) is 8.78 Å². The van der Waals surface area contributed by atoms with Crippen molar-refractivity contribution in [2.75, 3.05) is 4.72 Å². The third kappa shape index (κ3) is 5.98. The third-order valence-corrected chi connectivity index (χ3v) is 4.96. The minimum Gasteiger partial charge on any atom is -0.705 e. The number of benzene rings is 1. The molecule has 1 saturated carbocycles. The van der Waals surface area contributed by atoms with Gasteiger partial charge in [0.2, 0.25) is 0 Å². The van der Waals surface area contributed by atoms with E-state index in [0.717, 1.165) is 25.1 Å². The number of hydrogen-bond donors (Lipinski definition) is 1. The molecule has 6 heteroatoms. The summed E-state index contributed by atoms with van der Waals surface area (Å²) < 4.78 is 31.4. The number of rotatable bonds is 7. The van der Waals surface area contributed by atoms with E-state index in [2.05, 4.69) is 17.9 Å². The summed E-state index contributed by atoms with van der Waals surface area (Å²) in [5.74, 6) is -0.997. The average Bonchev–Trinajstić information content (AvgIpc) is 3.01. The van der Waals surface area contributed by atoms with Crippen LogP contribution in [0.5, 0.6) is 0 Å². The molecule has 0 aliphatic heterocycles. The molecule has 2 rings (SSSR count). The van der Waals surface area contributed by atoms with E-state index in [-0.39, 0.29) is 42.4 Å². The zero-order valence-corrected chi connectivity index (χ0v) is 18.5. The Hall–Kier alpha value is -0.698. The van der Waals surface area contributed by atoms with Crippen LogP contribution in [0.2, 0.25) is 0 Å². The summed E-state index contributed by atoms with van der Waals surface area (Å²) in [5, 5.41) is 0.450. The summed E-state index contributed by atoms with van der Waals surface area (Å²) >= 11 is 1.46. The van der Waals surface area contributed by atoms with Gasteiger partial charge in [0.1, 0.15) is 5.82 Å². The van der Waals surface area contributed by atoms with E-state index in [1.807, 2.05) is 0 Å². The summed E-state index contributed by atoms with van der Waals surface area (Å²) in [5.41, 5.74) is 8.39. The van der Waals surface area contributed by atoms with Crippen molar-refractivity contribution in [3.05, 3.63) is 66.1 Å². The molecule has 128 valence electrons. The van der Waals surface area contributed by atoms with Crippen molar-refractivity contribution in [3.63, 3.8) is 0 Å². The zero-order chi connectivity index (χ0) is 16.8. The Labute approximate surface area is 170 Å². The van der Waals surface area contributed by atoms with Crippen LogP contribution >= 0.6 is 11.9 Å². The minimum absolute atomic E-state index is 0. The Morgan fingerprint density at radius 1 is 1.29 bits per heavy atom. The van der Waals surface area contributed by atoms with E-state index < -0.39 is 11.6 Å². The summed E-state index contributed by atoms with van der Waals surface area (Å²) in [6.07, 6.45) is 7.52. The summed E-state index contributed by atoms with van der Waals surface area (Å²) in [6.45, 7) is 7.60. The molecule has 0 aromatic heterocycles. The van der Waals surface area contributed by atoms with Gasteiger partial charge in [0, 0.05) is 48.0 Å². The van der Waals surface area contributed by atoms with Gasteiger partial charge in [-0.3, -0.25) is 0 Å². The maximum Gasteiger partial charge on any atom is 0.154 e. The fourth-order valence-corrected chi connectivity index (χ4v) is 3.63. The van der Waals surface area contributed by atoms with E-state index in [1.165, 1.54) is 36.9 Å². The molecule has 0 radical (unpaired) electrons. The standard InChI is InChI=1S/C18H21F2N2S.U/c1-12(7-8-21)9-13(2)16-10-14(19)11-17(18(16)20)22-23-15-5-3-4-6-15;/h7-8,10-11,15,21-22H,1-6,9H2;/q-1;/b8-7-;. The van der Waals surface area contributed by atoms with Gasteiger partial charge in [0.05, 0.1) is 5.69 Å². The number of anilines is 1. The largest absolute Gasteiger partial charge is 0.705 e. The van der Waals surface area contributed by atoms with E-state index in [9.17, 15) is 8.78 Å². The van der Waals surface area contributed by atoms with Crippen LogP contribution in [-0.4, -0.2) is 5.25 Å². The van der Waals surface area contributed by atoms with Crippen molar-refractivity contribution in [1.29, 1.82) is 0 Å². The van der Waals surface area contributed by atoms with Crippen LogP contribution < -0.4 is 4.72 Å². The van der Waals surface area contributed by atoms with Gasteiger partial charge in [-0.15, -0.1) is 0 Å². The molecule has 0 spiro atoms. The maximum absolute atomic E-state index is 14.6. The molecule has 1 aromatic carbocycles. The van der Waals surface area contributed by atoms with E-state index >= 15 is 0 Å². The van der Waals surface area contributed by atoms with Crippen LogP contribution in [0.15, 0.2) is 43.1 Å². The predicted octanol–water partition coefficient (Wildman–Crippen LogP) is 6.49. The van der Waals surface area contributed by atoms with Crippen LogP contribution in [0.25, 0.3) is 11.3 Å². The van der Waals surface area contributed by atoms with Gasteiger partial charge in [-0.1, -0.05) is 37.6 Å². The topological polar surface area (TPSA) is 35.8 Å². The maximum atomic E-state index is 14.6. The second kappa shape index (κ2) is 10.3. The van der Waals surface area contributed by atoms with Crippen LogP contribution in [-0.2, 0) is 0 Å². The Kier molecular flexibility index (Phi) is 9.19. The number of nitrogens with one attached hydrogen (secondary N) is 2. The molecule has 24 heavy (non-hydrogen) atoms. The van der Waals surface area contributed by atoms with Crippen molar-refractivity contribution in [2.45, 2.75) is 37.4 Å². The third-order valence-electron chi connectivity index (χ3n) is 3.82. The van der Waals surface area contributed by atoms with Gasteiger partial charge < -0.3 is 10.5 Å². The predicted molar refractivity (Wildman–Crippen MR) is 96.1 cm³/mol. The molecule has 0 amide bonds. The van der Waals surface area contributed by atoms with Gasteiger partial charge in [0.25, 0.3) is 0 Å². The van der Waals surface area contributed by atoms with Gasteiger partial charge in [-0.2, -0.15) is 6.20 Å². The molecule has 1 aliphatic carbocycles. The second-order valence-corrected chi connectivity index (χ2v) is 6.82.